The number of ether oxygens (including phenoxy) is 1. The SMILES string of the molecule is CCOC1CC(NCc2ncccc2N)C1(C)C. The Labute approximate surface area is 109 Å². The molecule has 100 valence electrons. The summed E-state index contributed by atoms with van der Waals surface area (Å²) in [4.78, 5) is 4.29. The highest BCUT2D eigenvalue weighted by Gasteiger charge is 2.48. The summed E-state index contributed by atoms with van der Waals surface area (Å²) in [7, 11) is 0. The van der Waals surface area contributed by atoms with Crippen molar-refractivity contribution in [2.45, 2.75) is 45.9 Å². The Kier molecular flexibility index (Phi) is 3.88. The van der Waals surface area contributed by atoms with Gasteiger partial charge in [-0.05, 0) is 25.5 Å². The fraction of sp³-hybridized carbons (Fsp3) is 0.643. The number of pyridine rings is 1. The van der Waals surface area contributed by atoms with Gasteiger partial charge in [-0.25, -0.2) is 0 Å². The standard InChI is InChI=1S/C14H23N3O/c1-4-18-13-8-12(14(13,2)3)17-9-11-10(15)6-5-7-16-11/h5-7,12-13,17H,4,8-9,15H2,1-3H3. The molecule has 1 aliphatic carbocycles. The van der Waals surface area contributed by atoms with Gasteiger partial charge in [-0.3, -0.25) is 4.98 Å². The number of aromatic nitrogens is 1. The van der Waals surface area contributed by atoms with Crippen LogP contribution in [0.4, 0.5) is 5.69 Å². The van der Waals surface area contributed by atoms with Gasteiger partial charge >= 0.3 is 0 Å². The number of anilines is 1. The summed E-state index contributed by atoms with van der Waals surface area (Å²) in [6.45, 7) is 8.05. The third kappa shape index (κ3) is 2.49. The number of hydrogen-bond donors (Lipinski definition) is 2. The Morgan fingerprint density at radius 1 is 1.56 bits per heavy atom. The summed E-state index contributed by atoms with van der Waals surface area (Å²) in [5.74, 6) is 0. The van der Waals surface area contributed by atoms with E-state index in [1.54, 1.807) is 6.20 Å². The highest BCUT2D eigenvalue weighted by molar-refractivity contribution is 5.41. The lowest BCUT2D eigenvalue weighted by Gasteiger charge is -2.51. The zero-order valence-corrected chi connectivity index (χ0v) is 11.4. The average Bonchev–Trinajstić information content (AvgIpc) is 2.35. The molecule has 0 aromatic carbocycles. The minimum absolute atomic E-state index is 0.180. The third-order valence-corrected chi connectivity index (χ3v) is 3.99. The van der Waals surface area contributed by atoms with Crippen LogP contribution in [0.15, 0.2) is 18.3 Å². The van der Waals surface area contributed by atoms with Crippen molar-refractivity contribution in [3.8, 4) is 0 Å². The summed E-state index contributed by atoms with van der Waals surface area (Å²) >= 11 is 0. The summed E-state index contributed by atoms with van der Waals surface area (Å²) in [6, 6.07) is 4.21. The maximum atomic E-state index is 5.88. The Morgan fingerprint density at radius 2 is 2.33 bits per heavy atom. The topological polar surface area (TPSA) is 60.2 Å². The van der Waals surface area contributed by atoms with Crippen LogP contribution >= 0.6 is 0 Å². The zero-order chi connectivity index (χ0) is 13.2. The summed E-state index contributed by atoms with van der Waals surface area (Å²) in [5, 5.41) is 3.53. The lowest BCUT2D eigenvalue weighted by Crippen LogP contribution is -2.60. The summed E-state index contributed by atoms with van der Waals surface area (Å²) in [6.07, 6.45) is 3.21. The Bertz CT molecular complexity index is 406. The first-order valence-electron chi connectivity index (χ1n) is 6.60. The molecule has 1 aliphatic rings. The number of nitrogens with zero attached hydrogens (tertiary/aromatic N) is 1. The molecule has 0 amide bonds. The van der Waals surface area contributed by atoms with Crippen LogP contribution in [0, 0.1) is 5.41 Å². The number of nitrogens with one attached hydrogen (secondary N) is 1. The molecule has 0 bridgehead atoms. The van der Waals surface area contributed by atoms with Gasteiger partial charge in [0, 0.05) is 30.8 Å². The molecule has 0 radical (unpaired) electrons. The summed E-state index contributed by atoms with van der Waals surface area (Å²) < 4.78 is 5.72. The van der Waals surface area contributed by atoms with E-state index in [2.05, 4.69) is 24.1 Å². The molecule has 1 heterocycles. The van der Waals surface area contributed by atoms with Gasteiger partial charge in [-0.2, -0.15) is 0 Å². The van der Waals surface area contributed by atoms with Crippen LogP contribution < -0.4 is 11.1 Å². The Morgan fingerprint density at radius 3 is 2.94 bits per heavy atom. The largest absolute Gasteiger partial charge is 0.397 e. The van der Waals surface area contributed by atoms with E-state index in [9.17, 15) is 0 Å². The first-order valence-corrected chi connectivity index (χ1v) is 6.60. The number of nitrogen functional groups attached to an aromatic ring is 1. The Balaban J connectivity index is 1.88. The van der Waals surface area contributed by atoms with Crippen LogP contribution in [-0.4, -0.2) is 23.7 Å². The molecule has 1 aromatic heterocycles. The van der Waals surface area contributed by atoms with E-state index in [0.29, 0.717) is 12.1 Å². The maximum absolute atomic E-state index is 5.88. The quantitative estimate of drug-likeness (QED) is 0.837. The lowest BCUT2D eigenvalue weighted by molar-refractivity contribution is -0.114. The fourth-order valence-electron chi connectivity index (χ4n) is 2.53. The Hall–Kier alpha value is -1.13. The second-order valence-corrected chi connectivity index (χ2v) is 5.47. The molecule has 2 unspecified atom stereocenters. The predicted octanol–water partition coefficient (Wildman–Crippen LogP) is 1.96. The molecule has 2 atom stereocenters. The van der Waals surface area contributed by atoms with Crippen molar-refractivity contribution < 1.29 is 4.74 Å². The van der Waals surface area contributed by atoms with Crippen molar-refractivity contribution in [1.29, 1.82) is 0 Å². The molecule has 1 saturated carbocycles. The van der Waals surface area contributed by atoms with E-state index >= 15 is 0 Å². The molecule has 4 heteroatoms. The minimum Gasteiger partial charge on any atom is -0.397 e. The van der Waals surface area contributed by atoms with E-state index in [1.165, 1.54) is 0 Å². The molecule has 1 aromatic rings. The average molecular weight is 249 g/mol. The second kappa shape index (κ2) is 5.24. The monoisotopic (exact) mass is 249 g/mol. The molecular formula is C14H23N3O. The molecule has 18 heavy (non-hydrogen) atoms. The van der Waals surface area contributed by atoms with Crippen LogP contribution in [0.25, 0.3) is 0 Å². The number of rotatable bonds is 5. The molecule has 1 fully saturated rings. The molecule has 0 spiro atoms. The van der Waals surface area contributed by atoms with E-state index in [1.807, 2.05) is 19.1 Å². The molecular weight excluding hydrogens is 226 g/mol. The van der Waals surface area contributed by atoms with Crippen molar-refractivity contribution in [1.82, 2.24) is 10.3 Å². The van der Waals surface area contributed by atoms with Crippen molar-refractivity contribution in [2.24, 2.45) is 5.41 Å². The van der Waals surface area contributed by atoms with Crippen LogP contribution in [-0.2, 0) is 11.3 Å². The van der Waals surface area contributed by atoms with Gasteiger partial charge in [0.1, 0.15) is 0 Å². The molecule has 0 saturated heterocycles. The van der Waals surface area contributed by atoms with Crippen LogP contribution in [0.3, 0.4) is 0 Å². The smallest absolute Gasteiger partial charge is 0.0770 e. The van der Waals surface area contributed by atoms with Gasteiger partial charge in [0.15, 0.2) is 0 Å². The van der Waals surface area contributed by atoms with Gasteiger partial charge in [0.05, 0.1) is 17.5 Å². The lowest BCUT2D eigenvalue weighted by atomic mass is 9.64. The van der Waals surface area contributed by atoms with E-state index in [-0.39, 0.29) is 5.41 Å². The van der Waals surface area contributed by atoms with Gasteiger partial charge in [-0.1, -0.05) is 13.8 Å². The van der Waals surface area contributed by atoms with Crippen molar-refractivity contribution in [2.75, 3.05) is 12.3 Å². The molecule has 4 nitrogen and oxygen atoms in total. The number of hydrogen-bond acceptors (Lipinski definition) is 4. The molecule has 3 N–H and O–H groups in total. The molecule has 2 rings (SSSR count). The van der Waals surface area contributed by atoms with E-state index < -0.39 is 0 Å². The van der Waals surface area contributed by atoms with E-state index in [4.69, 9.17) is 10.5 Å². The van der Waals surface area contributed by atoms with Gasteiger partial charge in [0.25, 0.3) is 0 Å². The van der Waals surface area contributed by atoms with Crippen molar-refractivity contribution in [3.05, 3.63) is 24.0 Å². The van der Waals surface area contributed by atoms with Crippen molar-refractivity contribution >= 4 is 5.69 Å². The third-order valence-electron chi connectivity index (χ3n) is 3.99. The van der Waals surface area contributed by atoms with Crippen molar-refractivity contribution in [3.63, 3.8) is 0 Å². The van der Waals surface area contributed by atoms with Crippen LogP contribution in [0.1, 0.15) is 32.9 Å². The van der Waals surface area contributed by atoms with Gasteiger partial charge in [0.2, 0.25) is 0 Å². The summed E-state index contributed by atoms with van der Waals surface area (Å²) in [5.41, 5.74) is 7.74. The minimum atomic E-state index is 0.180. The highest BCUT2D eigenvalue weighted by Crippen LogP contribution is 2.42. The predicted molar refractivity (Wildman–Crippen MR) is 73.1 cm³/mol. The molecule has 0 aliphatic heterocycles. The maximum Gasteiger partial charge on any atom is 0.0770 e. The van der Waals surface area contributed by atoms with E-state index in [0.717, 1.165) is 31.0 Å². The first kappa shape index (κ1) is 13.3. The van der Waals surface area contributed by atoms with Gasteiger partial charge < -0.3 is 15.8 Å². The normalized spacial score (nSPS) is 25.7. The van der Waals surface area contributed by atoms with Crippen LogP contribution in [0.2, 0.25) is 0 Å². The first-order chi connectivity index (χ1) is 8.55. The fourth-order valence-corrected chi connectivity index (χ4v) is 2.53. The van der Waals surface area contributed by atoms with Gasteiger partial charge in [-0.15, -0.1) is 0 Å². The highest BCUT2D eigenvalue weighted by atomic mass is 16.5. The second-order valence-electron chi connectivity index (χ2n) is 5.47. The zero-order valence-electron chi connectivity index (χ0n) is 11.4. The van der Waals surface area contributed by atoms with Crippen LogP contribution in [0.5, 0.6) is 0 Å². The number of nitrogens with two attached hydrogens (primary N) is 1.